The minimum Gasteiger partial charge on any atom is -0.360 e. The topological polar surface area (TPSA) is 58.4 Å². The van der Waals surface area contributed by atoms with Crippen molar-refractivity contribution in [2.45, 2.75) is 19.4 Å². The second-order valence-corrected chi connectivity index (χ2v) is 4.66. The summed E-state index contributed by atoms with van der Waals surface area (Å²) in [6.07, 6.45) is 0.995. The van der Waals surface area contributed by atoms with Gasteiger partial charge in [0.25, 0.3) is 0 Å². The second-order valence-electron chi connectivity index (χ2n) is 4.66. The van der Waals surface area contributed by atoms with Crippen LogP contribution in [0.1, 0.15) is 23.8 Å². The van der Waals surface area contributed by atoms with E-state index in [0.717, 1.165) is 13.0 Å². The summed E-state index contributed by atoms with van der Waals surface area (Å²) < 4.78 is 4.93. The first-order valence-electron chi connectivity index (χ1n) is 6.30. The van der Waals surface area contributed by atoms with Crippen LogP contribution in [0, 0.1) is 6.92 Å². The van der Waals surface area contributed by atoms with Gasteiger partial charge in [0.2, 0.25) is 0 Å². The van der Waals surface area contributed by atoms with Gasteiger partial charge in [-0.3, -0.25) is 5.32 Å². The van der Waals surface area contributed by atoms with Gasteiger partial charge in [-0.05, 0) is 18.9 Å². The highest BCUT2D eigenvalue weighted by Crippen LogP contribution is 2.33. The molecule has 0 bridgehead atoms. The number of amides is 2. The first-order valence-corrected chi connectivity index (χ1v) is 6.30. The molecule has 1 N–H and O–H groups in total. The molecule has 1 aromatic carbocycles. The Hall–Kier alpha value is -2.30. The number of hydrogen-bond donors (Lipinski definition) is 1. The molecule has 2 aromatic rings. The predicted octanol–water partition coefficient (Wildman–Crippen LogP) is 2.96. The second kappa shape index (κ2) is 4.76. The Balaban J connectivity index is 1.68. The molecule has 5 heteroatoms. The van der Waals surface area contributed by atoms with Gasteiger partial charge in [-0.25, -0.2) is 4.79 Å². The number of hydrogen-bond acceptors (Lipinski definition) is 3. The van der Waals surface area contributed by atoms with E-state index in [2.05, 4.69) is 10.5 Å². The van der Waals surface area contributed by atoms with Crippen LogP contribution in [0.2, 0.25) is 0 Å². The number of carbonyl (C=O) groups excluding carboxylic acids is 1. The number of benzene rings is 1. The fraction of sp³-hybridized carbons (Fsp3) is 0.286. The van der Waals surface area contributed by atoms with Crippen LogP contribution in [0.5, 0.6) is 0 Å². The summed E-state index contributed by atoms with van der Waals surface area (Å²) in [4.78, 5) is 13.9. The molecule has 1 fully saturated rings. The van der Waals surface area contributed by atoms with E-state index in [-0.39, 0.29) is 12.1 Å². The zero-order chi connectivity index (χ0) is 13.2. The summed E-state index contributed by atoms with van der Waals surface area (Å²) in [5, 5.41) is 6.51. The highest BCUT2D eigenvalue weighted by molar-refractivity contribution is 5.89. The zero-order valence-corrected chi connectivity index (χ0v) is 10.7. The zero-order valence-electron chi connectivity index (χ0n) is 10.7. The predicted molar refractivity (Wildman–Crippen MR) is 70.8 cm³/mol. The molecule has 0 saturated carbocycles. The fourth-order valence-corrected chi connectivity index (χ4v) is 2.26. The van der Waals surface area contributed by atoms with Gasteiger partial charge in [0, 0.05) is 12.6 Å². The van der Waals surface area contributed by atoms with E-state index in [9.17, 15) is 4.79 Å². The number of rotatable bonds is 2. The van der Waals surface area contributed by atoms with Crippen LogP contribution in [-0.2, 0) is 0 Å². The highest BCUT2D eigenvalue weighted by Gasteiger charge is 2.33. The van der Waals surface area contributed by atoms with Crippen LogP contribution >= 0.6 is 0 Å². The maximum Gasteiger partial charge on any atom is 0.323 e. The Morgan fingerprint density at radius 1 is 1.42 bits per heavy atom. The van der Waals surface area contributed by atoms with E-state index < -0.39 is 0 Å². The molecule has 1 saturated heterocycles. The Morgan fingerprint density at radius 2 is 2.21 bits per heavy atom. The fourth-order valence-electron chi connectivity index (χ4n) is 2.26. The number of likely N-dealkylation sites (tertiary alicyclic amines) is 1. The van der Waals surface area contributed by atoms with Crippen LogP contribution in [0.4, 0.5) is 10.6 Å². The largest absolute Gasteiger partial charge is 0.360 e. The molecule has 0 spiro atoms. The highest BCUT2D eigenvalue weighted by atomic mass is 16.5. The monoisotopic (exact) mass is 257 g/mol. The number of carbonyl (C=O) groups is 1. The van der Waals surface area contributed by atoms with Gasteiger partial charge in [0.05, 0.1) is 6.04 Å². The molecular weight excluding hydrogens is 242 g/mol. The van der Waals surface area contributed by atoms with Crippen molar-refractivity contribution < 1.29 is 9.32 Å². The van der Waals surface area contributed by atoms with Crippen LogP contribution in [0.25, 0.3) is 0 Å². The number of aryl methyl sites for hydroxylation is 1. The molecule has 1 unspecified atom stereocenters. The Bertz CT molecular complexity index is 579. The average molecular weight is 257 g/mol. The van der Waals surface area contributed by atoms with E-state index in [0.29, 0.717) is 11.6 Å². The van der Waals surface area contributed by atoms with E-state index in [1.807, 2.05) is 30.3 Å². The van der Waals surface area contributed by atoms with E-state index in [1.54, 1.807) is 17.9 Å². The molecule has 5 nitrogen and oxygen atoms in total. The van der Waals surface area contributed by atoms with Crippen LogP contribution in [0.3, 0.4) is 0 Å². The normalized spacial score (nSPS) is 17.9. The molecule has 1 aliphatic rings. The third-order valence-corrected chi connectivity index (χ3v) is 3.33. The lowest BCUT2D eigenvalue weighted by Crippen LogP contribution is -2.47. The molecule has 19 heavy (non-hydrogen) atoms. The minimum absolute atomic E-state index is 0.131. The van der Waals surface area contributed by atoms with Crippen molar-refractivity contribution >= 4 is 11.8 Å². The van der Waals surface area contributed by atoms with Gasteiger partial charge in [-0.15, -0.1) is 0 Å². The first kappa shape index (κ1) is 11.8. The Kier molecular flexibility index (Phi) is 2.95. The van der Waals surface area contributed by atoms with Crippen molar-refractivity contribution in [1.29, 1.82) is 0 Å². The lowest BCUT2D eigenvalue weighted by molar-refractivity contribution is 0.126. The van der Waals surface area contributed by atoms with Crippen molar-refractivity contribution in [3.63, 3.8) is 0 Å². The van der Waals surface area contributed by atoms with Gasteiger partial charge >= 0.3 is 6.03 Å². The van der Waals surface area contributed by atoms with E-state index in [4.69, 9.17) is 4.52 Å². The molecule has 1 atom stereocenters. The van der Waals surface area contributed by atoms with Gasteiger partial charge < -0.3 is 9.42 Å². The third-order valence-electron chi connectivity index (χ3n) is 3.33. The summed E-state index contributed by atoms with van der Waals surface area (Å²) in [6, 6.07) is 11.8. The quantitative estimate of drug-likeness (QED) is 0.899. The summed E-state index contributed by atoms with van der Waals surface area (Å²) in [5.74, 6) is 1.14. The molecule has 0 aliphatic carbocycles. The lowest BCUT2D eigenvalue weighted by Gasteiger charge is -2.40. The molecular formula is C14H15N3O2. The summed E-state index contributed by atoms with van der Waals surface area (Å²) in [7, 11) is 0. The lowest BCUT2D eigenvalue weighted by atomic mass is 9.95. The van der Waals surface area contributed by atoms with Gasteiger partial charge in [-0.2, -0.15) is 0 Å². The molecule has 98 valence electrons. The molecule has 1 aromatic heterocycles. The maximum atomic E-state index is 12.1. The molecule has 2 heterocycles. The van der Waals surface area contributed by atoms with Crippen LogP contribution in [-0.4, -0.2) is 22.6 Å². The molecule has 2 amide bonds. The number of urea groups is 1. The Labute approximate surface area is 111 Å². The maximum absolute atomic E-state index is 12.1. The van der Waals surface area contributed by atoms with Crippen molar-refractivity contribution in [3.8, 4) is 0 Å². The molecule has 1 aliphatic heterocycles. The SMILES string of the molecule is Cc1cc(NC(=O)N2CCC2c2ccccc2)no1. The summed E-state index contributed by atoms with van der Waals surface area (Å²) in [6.45, 7) is 2.56. The number of nitrogens with zero attached hydrogens (tertiary/aromatic N) is 2. The standard InChI is InChI=1S/C14H15N3O2/c1-10-9-13(16-19-10)15-14(18)17-8-7-12(17)11-5-3-2-4-6-11/h2-6,9,12H,7-8H2,1H3,(H,15,16,18). The average Bonchev–Trinajstić information content (AvgIpc) is 2.74. The minimum atomic E-state index is -0.131. The van der Waals surface area contributed by atoms with Gasteiger partial charge in [0.15, 0.2) is 5.82 Å². The third kappa shape index (κ3) is 2.31. The van der Waals surface area contributed by atoms with Crippen molar-refractivity contribution in [1.82, 2.24) is 10.1 Å². The van der Waals surface area contributed by atoms with Crippen LogP contribution < -0.4 is 5.32 Å². The van der Waals surface area contributed by atoms with Crippen molar-refractivity contribution in [3.05, 3.63) is 47.7 Å². The molecule has 3 rings (SSSR count). The summed E-state index contributed by atoms with van der Waals surface area (Å²) >= 11 is 0. The van der Waals surface area contributed by atoms with E-state index >= 15 is 0 Å². The van der Waals surface area contributed by atoms with Gasteiger partial charge in [0.1, 0.15) is 5.76 Å². The van der Waals surface area contributed by atoms with Crippen LogP contribution in [0.15, 0.2) is 40.9 Å². The van der Waals surface area contributed by atoms with E-state index in [1.165, 1.54) is 5.56 Å². The van der Waals surface area contributed by atoms with Gasteiger partial charge in [-0.1, -0.05) is 35.5 Å². The number of anilines is 1. The summed E-state index contributed by atoms with van der Waals surface area (Å²) in [5.41, 5.74) is 1.17. The van der Waals surface area contributed by atoms with Crippen molar-refractivity contribution in [2.24, 2.45) is 0 Å². The number of nitrogens with one attached hydrogen (secondary N) is 1. The number of aromatic nitrogens is 1. The molecule has 0 radical (unpaired) electrons. The Morgan fingerprint density at radius 3 is 2.79 bits per heavy atom. The van der Waals surface area contributed by atoms with Crippen molar-refractivity contribution in [2.75, 3.05) is 11.9 Å². The first-order chi connectivity index (χ1) is 9.24. The smallest absolute Gasteiger partial charge is 0.323 e.